The number of carbonyl (C=O) groups excluding carboxylic acids is 1. The third-order valence-electron chi connectivity index (χ3n) is 3.53. The fourth-order valence-electron chi connectivity index (χ4n) is 2.20. The van der Waals surface area contributed by atoms with E-state index in [4.69, 9.17) is 9.47 Å². The van der Waals surface area contributed by atoms with Crippen LogP contribution in [0.3, 0.4) is 0 Å². The van der Waals surface area contributed by atoms with Crippen molar-refractivity contribution in [2.45, 2.75) is 6.54 Å². The standard InChI is InChI=1S/C19H20FNO3/c1-21(13-15-6-10-17(23-2)18(12-15)24-3)19(22)11-7-14-4-8-16(20)9-5-14/h4-12H,13H2,1-3H3/b11-7+. The first-order valence-corrected chi connectivity index (χ1v) is 7.43. The van der Waals surface area contributed by atoms with Crippen molar-refractivity contribution in [3.05, 3.63) is 65.5 Å². The Morgan fingerprint density at radius 3 is 2.38 bits per heavy atom. The van der Waals surface area contributed by atoms with Gasteiger partial charge in [-0.2, -0.15) is 0 Å². The van der Waals surface area contributed by atoms with Gasteiger partial charge >= 0.3 is 0 Å². The number of halogens is 1. The van der Waals surface area contributed by atoms with E-state index in [1.54, 1.807) is 50.4 Å². The van der Waals surface area contributed by atoms with Crippen LogP contribution in [0.5, 0.6) is 11.5 Å². The van der Waals surface area contributed by atoms with E-state index in [-0.39, 0.29) is 11.7 Å². The monoisotopic (exact) mass is 329 g/mol. The molecule has 0 fully saturated rings. The number of hydrogen-bond donors (Lipinski definition) is 0. The Morgan fingerprint density at radius 1 is 1.08 bits per heavy atom. The summed E-state index contributed by atoms with van der Waals surface area (Å²) in [5.74, 6) is 0.822. The number of hydrogen-bond acceptors (Lipinski definition) is 3. The van der Waals surface area contributed by atoms with Crippen molar-refractivity contribution in [1.82, 2.24) is 4.90 Å². The SMILES string of the molecule is COc1ccc(CN(C)C(=O)/C=C/c2ccc(F)cc2)cc1OC. The van der Waals surface area contributed by atoms with E-state index >= 15 is 0 Å². The Labute approximate surface area is 141 Å². The van der Waals surface area contributed by atoms with Gasteiger partial charge in [-0.3, -0.25) is 4.79 Å². The fourth-order valence-corrected chi connectivity index (χ4v) is 2.20. The molecule has 4 nitrogen and oxygen atoms in total. The molecule has 24 heavy (non-hydrogen) atoms. The summed E-state index contributed by atoms with van der Waals surface area (Å²) in [6, 6.07) is 11.5. The van der Waals surface area contributed by atoms with Crippen LogP contribution < -0.4 is 9.47 Å². The van der Waals surface area contributed by atoms with Gasteiger partial charge in [-0.1, -0.05) is 18.2 Å². The molecule has 0 saturated heterocycles. The van der Waals surface area contributed by atoms with Crippen LogP contribution in [-0.4, -0.2) is 32.1 Å². The van der Waals surface area contributed by atoms with Crippen molar-refractivity contribution >= 4 is 12.0 Å². The summed E-state index contributed by atoms with van der Waals surface area (Å²) in [6.45, 7) is 0.437. The Kier molecular flexibility index (Phi) is 5.95. The maximum atomic E-state index is 12.9. The Hall–Kier alpha value is -2.82. The van der Waals surface area contributed by atoms with Crippen LogP contribution in [0.2, 0.25) is 0 Å². The van der Waals surface area contributed by atoms with Crippen LogP contribution in [-0.2, 0) is 11.3 Å². The first kappa shape index (κ1) is 17.5. The predicted octanol–water partition coefficient (Wildman–Crippen LogP) is 3.51. The third kappa shape index (κ3) is 4.59. The zero-order valence-corrected chi connectivity index (χ0v) is 14.0. The van der Waals surface area contributed by atoms with Gasteiger partial charge in [0, 0.05) is 19.7 Å². The highest BCUT2D eigenvalue weighted by Gasteiger charge is 2.09. The zero-order valence-electron chi connectivity index (χ0n) is 14.0. The molecule has 0 heterocycles. The largest absolute Gasteiger partial charge is 0.493 e. The van der Waals surface area contributed by atoms with E-state index in [9.17, 15) is 9.18 Å². The molecule has 2 aromatic carbocycles. The molecule has 0 unspecified atom stereocenters. The van der Waals surface area contributed by atoms with Gasteiger partial charge in [0.15, 0.2) is 11.5 Å². The first-order valence-electron chi connectivity index (χ1n) is 7.43. The number of carbonyl (C=O) groups is 1. The lowest BCUT2D eigenvalue weighted by Gasteiger charge is -2.16. The van der Waals surface area contributed by atoms with Crippen molar-refractivity contribution < 1.29 is 18.7 Å². The van der Waals surface area contributed by atoms with Crippen LogP contribution in [0.25, 0.3) is 6.08 Å². The average molecular weight is 329 g/mol. The van der Waals surface area contributed by atoms with Gasteiger partial charge in [0.1, 0.15) is 5.82 Å². The second kappa shape index (κ2) is 8.15. The lowest BCUT2D eigenvalue weighted by Crippen LogP contribution is -2.24. The van der Waals surface area contributed by atoms with Gasteiger partial charge < -0.3 is 14.4 Å². The minimum atomic E-state index is -0.302. The number of nitrogens with zero attached hydrogens (tertiary/aromatic N) is 1. The number of benzene rings is 2. The molecular formula is C19H20FNO3. The van der Waals surface area contributed by atoms with Gasteiger partial charge in [-0.05, 0) is 41.5 Å². The molecule has 0 aliphatic carbocycles. The Bertz CT molecular complexity index is 726. The molecule has 0 saturated carbocycles. The van der Waals surface area contributed by atoms with E-state index in [0.29, 0.717) is 18.0 Å². The summed E-state index contributed by atoms with van der Waals surface area (Å²) in [5.41, 5.74) is 1.70. The van der Waals surface area contributed by atoms with E-state index in [1.165, 1.54) is 18.2 Å². The Morgan fingerprint density at radius 2 is 1.75 bits per heavy atom. The molecule has 5 heteroatoms. The summed E-state index contributed by atoms with van der Waals surface area (Å²) < 4.78 is 23.3. The third-order valence-corrected chi connectivity index (χ3v) is 3.53. The van der Waals surface area contributed by atoms with Crippen molar-refractivity contribution in [2.24, 2.45) is 0 Å². The molecule has 0 atom stereocenters. The lowest BCUT2D eigenvalue weighted by molar-refractivity contribution is -0.125. The highest BCUT2D eigenvalue weighted by atomic mass is 19.1. The molecule has 1 amide bonds. The maximum Gasteiger partial charge on any atom is 0.246 e. The zero-order chi connectivity index (χ0) is 17.5. The van der Waals surface area contributed by atoms with Crippen LogP contribution in [0.4, 0.5) is 4.39 Å². The molecule has 2 aromatic rings. The molecule has 0 aliphatic heterocycles. The second-order valence-corrected chi connectivity index (χ2v) is 5.27. The molecule has 0 aliphatic rings. The van der Waals surface area contributed by atoms with Crippen LogP contribution in [0.1, 0.15) is 11.1 Å². The van der Waals surface area contributed by atoms with E-state index < -0.39 is 0 Å². The average Bonchev–Trinajstić information content (AvgIpc) is 2.60. The van der Waals surface area contributed by atoms with E-state index in [2.05, 4.69) is 0 Å². The number of ether oxygens (including phenoxy) is 2. The van der Waals surface area contributed by atoms with Crippen LogP contribution in [0.15, 0.2) is 48.5 Å². The second-order valence-electron chi connectivity index (χ2n) is 5.27. The van der Waals surface area contributed by atoms with Crippen LogP contribution >= 0.6 is 0 Å². The summed E-state index contributed by atoms with van der Waals surface area (Å²) >= 11 is 0. The number of amides is 1. The quantitative estimate of drug-likeness (QED) is 0.761. The topological polar surface area (TPSA) is 38.8 Å². The summed E-state index contributed by atoms with van der Waals surface area (Å²) in [6.07, 6.45) is 3.13. The molecule has 0 aromatic heterocycles. The normalized spacial score (nSPS) is 10.7. The van der Waals surface area contributed by atoms with Crippen molar-refractivity contribution in [3.8, 4) is 11.5 Å². The molecule has 126 valence electrons. The minimum absolute atomic E-state index is 0.144. The lowest BCUT2D eigenvalue weighted by atomic mass is 10.2. The fraction of sp³-hybridized carbons (Fsp3) is 0.211. The van der Waals surface area contributed by atoms with Gasteiger partial charge in [-0.15, -0.1) is 0 Å². The molecule has 0 N–H and O–H groups in total. The molecular weight excluding hydrogens is 309 g/mol. The predicted molar refractivity (Wildman–Crippen MR) is 91.5 cm³/mol. The highest BCUT2D eigenvalue weighted by molar-refractivity contribution is 5.91. The summed E-state index contributed by atoms with van der Waals surface area (Å²) in [5, 5.41) is 0. The van der Waals surface area contributed by atoms with E-state index in [1.807, 2.05) is 12.1 Å². The number of likely N-dealkylation sites (N-methyl/N-ethyl adjacent to an activating group) is 1. The molecule has 0 bridgehead atoms. The first-order chi connectivity index (χ1) is 11.5. The maximum absolute atomic E-state index is 12.9. The van der Waals surface area contributed by atoms with Gasteiger partial charge in [0.25, 0.3) is 0 Å². The van der Waals surface area contributed by atoms with Crippen molar-refractivity contribution in [2.75, 3.05) is 21.3 Å². The van der Waals surface area contributed by atoms with Gasteiger partial charge in [0.2, 0.25) is 5.91 Å². The van der Waals surface area contributed by atoms with E-state index in [0.717, 1.165) is 11.1 Å². The number of rotatable bonds is 6. The summed E-state index contributed by atoms with van der Waals surface area (Å²) in [7, 11) is 4.86. The van der Waals surface area contributed by atoms with Crippen molar-refractivity contribution in [3.63, 3.8) is 0 Å². The highest BCUT2D eigenvalue weighted by Crippen LogP contribution is 2.27. The molecule has 2 rings (SSSR count). The van der Waals surface area contributed by atoms with Gasteiger partial charge in [0.05, 0.1) is 14.2 Å². The Balaban J connectivity index is 2.02. The smallest absolute Gasteiger partial charge is 0.246 e. The van der Waals surface area contributed by atoms with Crippen LogP contribution in [0, 0.1) is 5.82 Å². The minimum Gasteiger partial charge on any atom is -0.493 e. The molecule has 0 spiro atoms. The number of methoxy groups -OCH3 is 2. The van der Waals surface area contributed by atoms with Gasteiger partial charge in [-0.25, -0.2) is 4.39 Å². The summed E-state index contributed by atoms with van der Waals surface area (Å²) in [4.78, 5) is 13.8. The van der Waals surface area contributed by atoms with Crippen molar-refractivity contribution in [1.29, 1.82) is 0 Å². The molecule has 0 radical (unpaired) electrons.